The molecule has 0 aliphatic carbocycles. The van der Waals surface area contributed by atoms with E-state index in [2.05, 4.69) is 33.8 Å². The highest BCUT2D eigenvalue weighted by molar-refractivity contribution is 5.78. The van der Waals surface area contributed by atoms with Gasteiger partial charge in [0.1, 0.15) is 11.6 Å². The Hall–Kier alpha value is -2.17. The van der Waals surface area contributed by atoms with E-state index in [1.807, 2.05) is 17.0 Å². The van der Waals surface area contributed by atoms with E-state index in [0.717, 1.165) is 56.1 Å². The van der Waals surface area contributed by atoms with Crippen LogP contribution in [-0.2, 0) is 24.2 Å². The maximum atomic E-state index is 12.6. The lowest BCUT2D eigenvalue weighted by molar-refractivity contribution is -0.131. The molecule has 1 saturated heterocycles. The summed E-state index contributed by atoms with van der Waals surface area (Å²) in [6.45, 7) is 4.79. The third-order valence-electron chi connectivity index (χ3n) is 5.29. The number of amides is 1. The molecule has 0 atom stereocenters. The van der Waals surface area contributed by atoms with Crippen LogP contribution in [0.3, 0.4) is 0 Å². The molecular formula is C19H24N4O. The van der Waals surface area contributed by atoms with Crippen LogP contribution in [-0.4, -0.2) is 38.7 Å². The minimum Gasteiger partial charge on any atom is -0.342 e. The van der Waals surface area contributed by atoms with E-state index >= 15 is 0 Å². The van der Waals surface area contributed by atoms with Crippen molar-refractivity contribution < 1.29 is 4.79 Å². The first-order chi connectivity index (χ1) is 11.7. The van der Waals surface area contributed by atoms with Crippen molar-refractivity contribution in [2.75, 3.05) is 13.1 Å². The second-order valence-electron chi connectivity index (χ2n) is 7.05. The normalized spacial score (nSPS) is 18.0. The number of benzene rings is 1. The third-order valence-corrected chi connectivity index (χ3v) is 5.29. The number of fused-ring (bicyclic) bond motifs is 1. The highest BCUT2D eigenvalue weighted by atomic mass is 16.2. The van der Waals surface area contributed by atoms with Crippen molar-refractivity contribution in [3.05, 3.63) is 47.0 Å². The first-order valence-electron chi connectivity index (χ1n) is 8.96. The molecule has 0 spiro atoms. The van der Waals surface area contributed by atoms with Crippen molar-refractivity contribution in [2.24, 2.45) is 0 Å². The summed E-state index contributed by atoms with van der Waals surface area (Å²) < 4.78 is 2.30. The van der Waals surface area contributed by atoms with Crippen LogP contribution >= 0.6 is 0 Å². The van der Waals surface area contributed by atoms with E-state index in [-0.39, 0.29) is 5.91 Å². The van der Waals surface area contributed by atoms with Gasteiger partial charge in [0.05, 0.1) is 6.42 Å². The maximum Gasteiger partial charge on any atom is 0.226 e. The zero-order chi connectivity index (χ0) is 16.5. The second-order valence-corrected chi connectivity index (χ2v) is 7.05. The van der Waals surface area contributed by atoms with Gasteiger partial charge < -0.3 is 9.47 Å². The number of piperidine rings is 1. The summed E-state index contributed by atoms with van der Waals surface area (Å²) in [6, 6.07) is 8.23. The number of carbonyl (C=O) groups is 1. The highest BCUT2D eigenvalue weighted by Gasteiger charge is 2.29. The van der Waals surface area contributed by atoms with E-state index in [1.54, 1.807) is 0 Å². The van der Waals surface area contributed by atoms with E-state index in [4.69, 9.17) is 0 Å². The minimum atomic E-state index is 0.241. The largest absolute Gasteiger partial charge is 0.342 e. The molecule has 0 unspecified atom stereocenters. The van der Waals surface area contributed by atoms with Crippen molar-refractivity contribution in [1.29, 1.82) is 0 Å². The van der Waals surface area contributed by atoms with Crippen molar-refractivity contribution in [2.45, 2.75) is 51.5 Å². The van der Waals surface area contributed by atoms with E-state index in [0.29, 0.717) is 12.3 Å². The second kappa shape index (κ2) is 6.38. The maximum absolute atomic E-state index is 12.6. The van der Waals surface area contributed by atoms with Crippen LogP contribution in [0.2, 0.25) is 0 Å². The summed E-state index contributed by atoms with van der Waals surface area (Å²) in [4.78, 5) is 14.6. The first kappa shape index (κ1) is 15.4. The summed E-state index contributed by atoms with van der Waals surface area (Å²) in [5, 5.41) is 8.74. The molecule has 1 aromatic carbocycles. The minimum absolute atomic E-state index is 0.241. The number of nitrogens with zero attached hydrogens (tertiary/aromatic N) is 4. The molecule has 126 valence electrons. The number of aryl methyl sites for hydroxylation is 2. The van der Waals surface area contributed by atoms with Gasteiger partial charge in [-0.1, -0.05) is 29.8 Å². The molecule has 1 amide bonds. The standard InChI is InChI=1S/C19H24N4O/c1-14-4-2-5-15(12-14)13-18(24)22-10-7-16(8-11-22)19-21-20-17-6-3-9-23(17)19/h2,4-5,12,16H,3,6-11,13H2,1H3. The molecule has 0 saturated carbocycles. The number of hydrogen-bond acceptors (Lipinski definition) is 3. The van der Waals surface area contributed by atoms with E-state index in [1.165, 1.54) is 12.0 Å². The van der Waals surface area contributed by atoms with Crippen LogP contribution < -0.4 is 0 Å². The Labute approximate surface area is 142 Å². The van der Waals surface area contributed by atoms with Gasteiger partial charge in [-0.15, -0.1) is 10.2 Å². The monoisotopic (exact) mass is 324 g/mol. The molecule has 1 fully saturated rings. The number of aromatic nitrogens is 3. The molecular weight excluding hydrogens is 300 g/mol. The van der Waals surface area contributed by atoms with Gasteiger partial charge in [-0.05, 0) is 31.7 Å². The molecule has 24 heavy (non-hydrogen) atoms. The van der Waals surface area contributed by atoms with Gasteiger partial charge >= 0.3 is 0 Å². The van der Waals surface area contributed by atoms with Crippen LogP contribution in [0.4, 0.5) is 0 Å². The smallest absolute Gasteiger partial charge is 0.226 e. The van der Waals surface area contributed by atoms with Gasteiger partial charge in [0.25, 0.3) is 0 Å². The lowest BCUT2D eigenvalue weighted by atomic mass is 9.95. The lowest BCUT2D eigenvalue weighted by Gasteiger charge is -2.31. The molecule has 4 rings (SSSR count). The molecule has 2 aromatic rings. The zero-order valence-corrected chi connectivity index (χ0v) is 14.2. The fourth-order valence-corrected chi connectivity index (χ4v) is 3.97. The Morgan fingerprint density at radius 1 is 1.21 bits per heavy atom. The number of rotatable bonds is 3. The predicted octanol–water partition coefficient (Wildman–Crippen LogP) is 2.48. The molecule has 0 bridgehead atoms. The molecule has 0 radical (unpaired) electrons. The third kappa shape index (κ3) is 2.95. The number of likely N-dealkylation sites (tertiary alicyclic amines) is 1. The lowest BCUT2D eigenvalue weighted by Crippen LogP contribution is -2.39. The quantitative estimate of drug-likeness (QED) is 0.871. The predicted molar refractivity (Wildman–Crippen MR) is 91.8 cm³/mol. The van der Waals surface area contributed by atoms with Crippen LogP contribution in [0, 0.1) is 6.92 Å². The van der Waals surface area contributed by atoms with Crippen LogP contribution in [0.15, 0.2) is 24.3 Å². The zero-order valence-electron chi connectivity index (χ0n) is 14.2. The number of hydrogen-bond donors (Lipinski definition) is 0. The van der Waals surface area contributed by atoms with Crippen molar-refractivity contribution in [3.8, 4) is 0 Å². The van der Waals surface area contributed by atoms with Crippen molar-refractivity contribution in [1.82, 2.24) is 19.7 Å². The van der Waals surface area contributed by atoms with Crippen molar-refractivity contribution >= 4 is 5.91 Å². The van der Waals surface area contributed by atoms with Gasteiger partial charge in [-0.2, -0.15) is 0 Å². The molecule has 5 nitrogen and oxygen atoms in total. The summed E-state index contributed by atoms with van der Waals surface area (Å²) >= 11 is 0. The Morgan fingerprint density at radius 2 is 2.04 bits per heavy atom. The molecule has 3 heterocycles. The van der Waals surface area contributed by atoms with Crippen molar-refractivity contribution in [3.63, 3.8) is 0 Å². The Morgan fingerprint density at radius 3 is 2.83 bits per heavy atom. The topological polar surface area (TPSA) is 51.0 Å². The Balaban J connectivity index is 1.36. The summed E-state index contributed by atoms with van der Waals surface area (Å²) in [6.07, 6.45) is 4.74. The summed E-state index contributed by atoms with van der Waals surface area (Å²) in [7, 11) is 0. The van der Waals surface area contributed by atoms with Gasteiger partial charge in [-0.3, -0.25) is 4.79 Å². The SMILES string of the molecule is Cc1cccc(CC(=O)N2CCC(c3nnc4n3CCC4)CC2)c1. The average molecular weight is 324 g/mol. The molecule has 5 heteroatoms. The average Bonchev–Trinajstić information content (AvgIpc) is 3.18. The van der Waals surface area contributed by atoms with Gasteiger partial charge in [0, 0.05) is 32.0 Å². The summed E-state index contributed by atoms with van der Waals surface area (Å²) in [5.41, 5.74) is 2.32. The van der Waals surface area contributed by atoms with Crippen LogP contribution in [0.25, 0.3) is 0 Å². The Bertz CT molecular complexity index is 744. The Kier molecular flexibility index (Phi) is 4.08. The van der Waals surface area contributed by atoms with Crippen LogP contribution in [0.5, 0.6) is 0 Å². The summed E-state index contributed by atoms with van der Waals surface area (Å²) in [5.74, 6) is 2.98. The van der Waals surface area contributed by atoms with E-state index in [9.17, 15) is 4.79 Å². The first-order valence-corrected chi connectivity index (χ1v) is 8.96. The van der Waals surface area contributed by atoms with Gasteiger partial charge in [0.2, 0.25) is 5.91 Å². The molecule has 2 aliphatic heterocycles. The molecule has 1 aromatic heterocycles. The molecule has 2 aliphatic rings. The van der Waals surface area contributed by atoms with Gasteiger partial charge in [0.15, 0.2) is 0 Å². The highest BCUT2D eigenvalue weighted by Crippen LogP contribution is 2.29. The van der Waals surface area contributed by atoms with Crippen LogP contribution in [0.1, 0.15) is 48.0 Å². The molecule has 0 N–H and O–H groups in total. The van der Waals surface area contributed by atoms with Gasteiger partial charge in [-0.25, -0.2) is 0 Å². The fraction of sp³-hybridized carbons (Fsp3) is 0.526. The fourth-order valence-electron chi connectivity index (χ4n) is 3.97. The van der Waals surface area contributed by atoms with E-state index < -0.39 is 0 Å². The number of carbonyl (C=O) groups excluding carboxylic acids is 1.